The predicted octanol–water partition coefficient (Wildman–Crippen LogP) is 2.62. The van der Waals surface area contributed by atoms with Gasteiger partial charge in [0.1, 0.15) is 5.65 Å². The summed E-state index contributed by atoms with van der Waals surface area (Å²) in [5, 5.41) is 3.08. The summed E-state index contributed by atoms with van der Waals surface area (Å²) >= 11 is 6.15. The molecule has 0 bridgehead atoms. The number of aromatic nitrogens is 2. The van der Waals surface area contributed by atoms with Crippen LogP contribution in [-0.4, -0.2) is 34.3 Å². The SMILES string of the molecule is NC(=O)[C@@H]1CCCN(c2ccc(CNC(=O)c3c(Cl)nc4ccccn34)cc2)C1. The number of primary amides is 1. The van der Waals surface area contributed by atoms with E-state index < -0.39 is 0 Å². The molecule has 3 N–H and O–H groups in total. The van der Waals surface area contributed by atoms with Gasteiger partial charge in [-0.25, -0.2) is 4.98 Å². The molecule has 1 aromatic carbocycles. The number of carbonyl (C=O) groups excluding carboxylic acids is 2. The zero-order valence-corrected chi connectivity index (χ0v) is 16.6. The number of nitrogens with one attached hydrogen (secondary N) is 1. The third-order valence-electron chi connectivity index (χ3n) is 5.28. The molecule has 3 aromatic rings. The van der Waals surface area contributed by atoms with E-state index >= 15 is 0 Å². The molecule has 1 atom stereocenters. The molecule has 0 aliphatic carbocycles. The van der Waals surface area contributed by atoms with Crippen molar-refractivity contribution in [2.75, 3.05) is 18.0 Å². The predicted molar refractivity (Wildman–Crippen MR) is 112 cm³/mol. The molecule has 0 saturated carbocycles. The molecule has 0 spiro atoms. The first-order valence-electron chi connectivity index (χ1n) is 9.57. The molecule has 2 aromatic heterocycles. The smallest absolute Gasteiger partial charge is 0.271 e. The Morgan fingerprint density at radius 2 is 2.00 bits per heavy atom. The van der Waals surface area contributed by atoms with Gasteiger partial charge in [-0.1, -0.05) is 29.8 Å². The number of nitrogens with two attached hydrogens (primary N) is 1. The van der Waals surface area contributed by atoms with E-state index in [-0.39, 0.29) is 22.9 Å². The van der Waals surface area contributed by atoms with E-state index in [2.05, 4.69) is 15.2 Å². The highest BCUT2D eigenvalue weighted by atomic mass is 35.5. The number of halogens is 1. The van der Waals surface area contributed by atoms with Crippen molar-refractivity contribution >= 4 is 34.7 Å². The van der Waals surface area contributed by atoms with Gasteiger partial charge >= 0.3 is 0 Å². The van der Waals surface area contributed by atoms with E-state index in [1.54, 1.807) is 16.7 Å². The zero-order valence-electron chi connectivity index (χ0n) is 15.8. The lowest BCUT2D eigenvalue weighted by Crippen LogP contribution is -2.41. The summed E-state index contributed by atoms with van der Waals surface area (Å²) in [4.78, 5) is 30.5. The lowest BCUT2D eigenvalue weighted by atomic mass is 9.97. The van der Waals surface area contributed by atoms with E-state index in [0.717, 1.165) is 30.6 Å². The summed E-state index contributed by atoms with van der Waals surface area (Å²) in [6.07, 6.45) is 3.56. The fourth-order valence-corrected chi connectivity index (χ4v) is 3.97. The maximum atomic E-state index is 12.6. The van der Waals surface area contributed by atoms with Crippen LogP contribution in [-0.2, 0) is 11.3 Å². The van der Waals surface area contributed by atoms with E-state index in [1.165, 1.54) is 0 Å². The van der Waals surface area contributed by atoms with Crippen LogP contribution in [0.2, 0.25) is 5.15 Å². The Morgan fingerprint density at radius 1 is 1.21 bits per heavy atom. The van der Waals surface area contributed by atoms with E-state index in [1.807, 2.05) is 36.4 Å². The van der Waals surface area contributed by atoms with Gasteiger partial charge in [0.05, 0.1) is 5.92 Å². The summed E-state index contributed by atoms with van der Waals surface area (Å²) in [7, 11) is 0. The van der Waals surface area contributed by atoms with Gasteiger partial charge in [0.2, 0.25) is 5.91 Å². The van der Waals surface area contributed by atoms with Gasteiger partial charge < -0.3 is 16.0 Å². The second-order valence-electron chi connectivity index (χ2n) is 7.22. The number of anilines is 1. The van der Waals surface area contributed by atoms with Gasteiger partial charge in [0, 0.05) is 31.5 Å². The van der Waals surface area contributed by atoms with Crippen LogP contribution in [0.15, 0.2) is 48.7 Å². The molecule has 150 valence electrons. The minimum absolute atomic E-state index is 0.0991. The molecule has 4 rings (SSSR count). The molecule has 1 saturated heterocycles. The first kappa shape index (κ1) is 19.3. The van der Waals surface area contributed by atoms with Gasteiger partial charge in [-0.2, -0.15) is 0 Å². The summed E-state index contributed by atoms with van der Waals surface area (Å²) < 4.78 is 1.67. The standard InChI is InChI=1S/C21H22ClN5O2/c22-19-18(27-11-2-1-5-17(27)25-19)21(29)24-12-14-6-8-16(9-7-14)26-10-3-4-15(13-26)20(23)28/h1-2,5-9,11,15H,3-4,10,12-13H2,(H2,23,28)(H,24,29)/t15-/m1/s1. The van der Waals surface area contributed by atoms with Crippen molar-refractivity contribution in [3.8, 4) is 0 Å². The Hall–Kier alpha value is -3.06. The van der Waals surface area contributed by atoms with Crippen LogP contribution in [0.1, 0.15) is 28.9 Å². The molecule has 29 heavy (non-hydrogen) atoms. The van der Waals surface area contributed by atoms with Gasteiger partial charge in [0.25, 0.3) is 5.91 Å². The van der Waals surface area contributed by atoms with Crippen molar-refractivity contribution in [1.29, 1.82) is 0 Å². The summed E-state index contributed by atoms with van der Waals surface area (Å²) in [6, 6.07) is 13.4. The molecular formula is C21H22ClN5O2. The summed E-state index contributed by atoms with van der Waals surface area (Å²) in [6.45, 7) is 1.93. The average molecular weight is 412 g/mol. The quantitative estimate of drug-likeness (QED) is 0.675. The number of pyridine rings is 1. The van der Waals surface area contributed by atoms with Crippen molar-refractivity contribution in [1.82, 2.24) is 14.7 Å². The van der Waals surface area contributed by atoms with Crippen molar-refractivity contribution in [2.45, 2.75) is 19.4 Å². The van der Waals surface area contributed by atoms with Crippen LogP contribution >= 0.6 is 11.6 Å². The fourth-order valence-electron chi connectivity index (χ4n) is 3.70. The normalized spacial score (nSPS) is 16.7. The second-order valence-corrected chi connectivity index (χ2v) is 7.57. The van der Waals surface area contributed by atoms with E-state index in [9.17, 15) is 9.59 Å². The number of piperidine rings is 1. The Bertz CT molecular complexity index is 1050. The largest absolute Gasteiger partial charge is 0.371 e. The number of hydrogen-bond donors (Lipinski definition) is 2. The second kappa shape index (κ2) is 8.13. The highest BCUT2D eigenvalue weighted by Crippen LogP contribution is 2.23. The van der Waals surface area contributed by atoms with Crippen LogP contribution in [0.3, 0.4) is 0 Å². The number of nitrogens with zero attached hydrogens (tertiary/aromatic N) is 3. The molecular weight excluding hydrogens is 390 g/mol. The summed E-state index contributed by atoms with van der Waals surface area (Å²) in [5.74, 6) is -0.615. The molecule has 3 heterocycles. The van der Waals surface area contributed by atoms with Gasteiger partial charge in [0.15, 0.2) is 10.8 Å². The van der Waals surface area contributed by atoms with Gasteiger partial charge in [-0.3, -0.25) is 14.0 Å². The van der Waals surface area contributed by atoms with Crippen LogP contribution in [0.25, 0.3) is 5.65 Å². The highest BCUT2D eigenvalue weighted by Gasteiger charge is 2.24. The Labute approximate surface area is 173 Å². The topological polar surface area (TPSA) is 92.7 Å². The number of benzene rings is 1. The third-order valence-corrected chi connectivity index (χ3v) is 5.54. The highest BCUT2D eigenvalue weighted by molar-refractivity contribution is 6.32. The Morgan fingerprint density at radius 3 is 2.76 bits per heavy atom. The first-order chi connectivity index (χ1) is 14.0. The lowest BCUT2D eigenvalue weighted by molar-refractivity contribution is -0.122. The number of imidazole rings is 1. The zero-order chi connectivity index (χ0) is 20.4. The number of amides is 2. The van der Waals surface area contributed by atoms with Crippen molar-refractivity contribution in [2.24, 2.45) is 11.7 Å². The Balaban J connectivity index is 1.41. The molecule has 7 nitrogen and oxygen atoms in total. The monoisotopic (exact) mass is 411 g/mol. The van der Waals surface area contributed by atoms with Crippen LogP contribution in [0.4, 0.5) is 5.69 Å². The average Bonchev–Trinajstić information content (AvgIpc) is 3.08. The van der Waals surface area contributed by atoms with Gasteiger partial charge in [-0.05, 0) is 42.7 Å². The minimum Gasteiger partial charge on any atom is -0.371 e. The fraction of sp³-hybridized carbons (Fsp3) is 0.286. The van der Waals surface area contributed by atoms with Gasteiger partial charge in [-0.15, -0.1) is 0 Å². The van der Waals surface area contributed by atoms with Crippen LogP contribution in [0, 0.1) is 5.92 Å². The minimum atomic E-state index is -0.280. The molecule has 0 radical (unpaired) electrons. The molecule has 1 fully saturated rings. The van der Waals surface area contributed by atoms with E-state index in [4.69, 9.17) is 17.3 Å². The van der Waals surface area contributed by atoms with Crippen LogP contribution < -0.4 is 16.0 Å². The van der Waals surface area contributed by atoms with Crippen LogP contribution in [0.5, 0.6) is 0 Å². The molecule has 1 aliphatic heterocycles. The maximum absolute atomic E-state index is 12.6. The number of fused-ring (bicyclic) bond motifs is 1. The molecule has 0 unspecified atom stereocenters. The number of carbonyl (C=O) groups is 2. The van der Waals surface area contributed by atoms with Crippen molar-refractivity contribution in [3.05, 3.63) is 65.1 Å². The maximum Gasteiger partial charge on any atom is 0.271 e. The number of rotatable bonds is 5. The molecule has 1 aliphatic rings. The summed E-state index contributed by atoms with van der Waals surface area (Å²) in [5.41, 5.74) is 8.43. The first-order valence-corrected chi connectivity index (χ1v) is 9.94. The van der Waals surface area contributed by atoms with E-state index in [0.29, 0.717) is 24.4 Å². The van der Waals surface area contributed by atoms with Crippen molar-refractivity contribution in [3.63, 3.8) is 0 Å². The molecule has 8 heteroatoms. The van der Waals surface area contributed by atoms with Crippen molar-refractivity contribution < 1.29 is 9.59 Å². The molecule has 2 amide bonds. The lowest BCUT2D eigenvalue weighted by Gasteiger charge is -2.33. The third kappa shape index (κ3) is 4.05. The Kier molecular flexibility index (Phi) is 5.40. The number of hydrogen-bond acceptors (Lipinski definition) is 4.